The summed E-state index contributed by atoms with van der Waals surface area (Å²) in [5.74, 6) is -0.129. The second-order valence-corrected chi connectivity index (χ2v) is 9.60. The van der Waals surface area contributed by atoms with E-state index in [1.807, 2.05) is 23.1 Å². The van der Waals surface area contributed by atoms with E-state index in [0.29, 0.717) is 17.9 Å². The molecule has 2 aliphatic heterocycles. The number of anilines is 1. The van der Waals surface area contributed by atoms with Gasteiger partial charge in [-0.05, 0) is 60.4 Å². The van der Waals surface area contributed by atoms with Crippen molar-refractivity contribution < 1.29 is 14.3 Å². The van der Waals surface area contributed by atoms with Crippen molar-refractivity contribution in [1.29, 1.82) is 0 Å². The Bertz CT molecular complexity index is 940. The molecule has 31 heavy (non-hydrogen) atoms. The molecule has 2 aromatic carbocycles. The van der Waals surface area contributed by atoms with Gasteiger partial charge in [-0.15, -0.1) is 0 Å². The number of hydrogen-bond acceptors (Lipinski definition) is 3. The Kier molecular flexibility index (Phi) is 6.15. The van der Waals surface area contributed by atoms with Crippen molar-refractivity contribution in [3.8, 4) is 0 Å². The highest BCUT2D eigenvalue weighted by Crippen LogP contribution is 2.34. The van der Waals surface area contributed by atoms with Crippen molar-refractivity contribution in [2.45, 2.75) is 64.0 Å². The molecule has 2 atom stereocenters. The third kappa shape index (κ3) is 4.82. The van der Waals surface area contributed by atoms with E-state index >= 15 is 0 Å². The van der Waals surface area contributed by atoms with Crippen LogP contribution in [0.25, 0.3) is 0 Å². The van der Waals surface area contributed by atoms with Crippen molar-refractivity contribution >= 4 is 17.5 Å². The first kappa shape index (κ1) is 21.6. The van der Waals surface area contributed by atoms with Crippen LogP contribution in [0.4, 0.5) is 5.69 Å². The molecule has 2 saturated heterocycles. The molecule has 1 N–H and O–H groups in total. The molecule has 2 unspecified atom stereocenters. The van der Waals surface area contributed by atoms with Gasteiger partial charge < -0.3 is 15.0 Å². The predicted molar refractivity (Wildman–Crippen MR) is 122 cm³/mol. The predicted octanol–water partition coefficient (Wildman–Crippen LogP) is 5.08. The highest BCUT2D eigenvalue weighted by atomic mass is 16.5. The lowest BCUT2D eigenvalue weighted by molar-refractivity contribution is -0.124. The number of rotatable bonds is 4. The number of carbonyl (C=O) groups excluding carboxylic acids is 2. The fraction of sp³-hybridized carbons (Fsp3) is 0.462. The molecule has 0 saturated carbocycles. The lowest BCUT2D eigenvalue weighted by atomic mass is 9.86. The van der Waals surface area contributed by atoms with Crippen molar-refractivity contribution in [3.63, 3.8) is 0 Å². The van der Waals surface area contributed by atoms with Gasteiger partial charge in [0.2, 0.25) is 0 Å². The van der Waals surface area contributed by atoms with Crippen LogP contribution in [-0.2, 0) is 14.9 Å². The SMILES string of the molecule is CC(C)(C)c1ccc(C2CCCN2C(=O)c2cccc(NC(=O)C3CCCO3)c2)cc1. The molecule has 2 fully saturated rings. The normalized spacial score (nSPS) is 21.3. The average molecular weight is 421 g/mol. The van der Waals surface area contributed by atoms with Gasteiger partial charge in [-0.25, -0.2) is 0 Å². The zero-order chi connectivity index (χ0) is 22.0. The first-order valence-corrected chi connectivity index (χ1v) is 11.3. The van der Waals surface area contributed by atoms with Crippen LogP contribution in [0.1, 0.15) is 74.0 Å². The standard InChI is InChI=1S/C26H32N2O3/c1-26(2,3)20-13-11-18(12-14-20)22-9-5-15-28(22)25(30)19-7-4-8-21(17-19)27-24(29)23-10-6-16-31-23/h4,7-8,11-14,17,22-23H,5-6,9-10,15-16H2,1-3H3,(H,27,29). The van der Waals surface area contributed by atoms with Gasteiger partial charge in [0.05, 0.1) is 6.04 Å². The average Bonchev–Trinajstić information content (AvgIpc) is 3.45. The quantitative estimate of drug-likeness (QED) is 0.750. The van der Waals surface area contributed by atoms with Crippen LogP contribution in [0, 0.1) is 0 Å². The van der Waals surface area contributed by atoms with Crippen LogP contribution in [0.15, 0.2) is 48.5 Å². The topological polar surface area (TPSA) is 58.6 Å². The summed E-state index contributed by atoms with van der Waals surface area (Å²) in [5, 5.41) is 2.90. The van der Waals surface area contributed by atoms with Gasteiger partial charge in [-0.2, -0.15) is 0 Å². The minimum atomic E-state index is -0.390. The molecular formula is C26H32N2O3. The maximum Gasteiger partial charge on any atom is 0.254 e. The molecule has 0 aliphatic carbocycles. The molecule has 2 aliphatic rings. The van der Waals surface area contributed by atoms with Crippen molar-refractivity contribution in [1.82, 2.24) is 4.90 Å². The van der Waals surface area contributed by atoms with E-state index < -0.39 is 6.10 Å². The molecule has 2 amide bonds. The lowest BCUT2D eigenvalue weighted by Crippen LogP contribution is -2.31. The van der Waals surface area contributed by atoms with E-state index in [0.717, 1.165) is 32.2 Å². The number of hydrogen-bond donors (Lipinski definition) is 1. The van der Waals surface area contributed by atoms with Gasteiger partial charge in [-0.1, -0.05) is 51.1 Å². The van der Waals surface area contributed by atoms with Crippen molar-refractivity contribution in [2.24, 2.45) is 0 Å². The maximum atomic E-state index is 13.3. The largest absolute Gasteiger partial charge is 0.368 e. The monoisotopic (exact) mass is 420 g/mol. The summed E-state index contributed by atoms with van der Waals surface area (Å²) < 4.78 is 5.45. The summed E-state index contributed by atoms with van der Waals surface area (Å²) in [6.45, 7) is 7.99. The van der Waals surface area contributed by atoms with Crippen LogP contribution in [0.3, 0.4) is 0 Å². The summed E-state index contributed by atoms with van der Waals surface area (Å²) in [5.41, 5.74) is 3.82. The van der Waals surface area contributed by atoms with E-state index in [4.69, 9.17) is 4.74 Å². The molecule has 0 spiro atoms. The summed E-state index contributed by atoms with van der Waals surface area (Å²) in [7, 11) is 0. The molecule has 5 nitrogen and oxygen atoms in total. The van der Waals surface area contributed by atoms with Crippen LogP contribution in [0.5, 0.6) is 0 Å². The van der Waals surface area contributed by atoms with Crippen molar-refractivity contribution in [3.05, 3.63) is 65.2 Å². The Morgan fingerprint density at radius 1 is 1.03 bits per heavy atom. The number of nitrogens with one attached hydrogen (secondary N) is 1. The third-order valence-corrected chi connectivity index (χ3v) is 6.27. The van der Waals surface area contributed by atoms with Gasteiger partial charge in [0, 0.05) is 24.4 Å². The molecular weight excluding hydrogens is 388 g/mol. The smallest absolute Gasteiger partial charge is 0.254 e. The van der Waals surface area contributed by atoms with Gasteiger partial charge in [0.1, 0.15) is 6.10 Å². The van der Waals surface area contributed by atoms with Gasteiger partial charge in [0.15, 0.2) is 0 Å². The Morgan fingerprint density at radius 3 is 2.48 bits per heavy atom. The Hall–Kier alpha value is -2.66. The summed E-state index contributed by atoms with van der Waals surface area (Å²) in [6.07, 6.45) is 3.22. The molecule has 164 valence electrons. The van der Waals surface area contributed by atoms with E-state index in [1.165, 1.54) is 11.1 Å². The minimum absolute atomic E-state index is 0.00983. The second-order valence-electron chi connectivity index (χ2n) is 9.60. The highest BCUT2D eigenvalue weighted by molar-refractivity contribution is 5.98. The molecule has 0 bridgehead atoms. The third-order valence-electron chi connectivity index (χ3n) is 6.27. The molecule has 5 heteroatoms. The molecule has 4 rings (SSSR count). The Balaban J connectivity index is 1.48. The number of amides is 2. The van der Waals surface area contributed by atoms with E-state index in [9.17, 15) is 9.59 Å². The number of ether oxygens (including phenoxy) is 1. The van der Waals surface area contributed by atoms with E-state index in [1.54, 1.807) is 6.07 Å². The van der Waals surface area contributed by atoms with Crippen LogP contribution < -0.4 is 5.32 Å². The summed E-state index contributed by atoms with van der Waals surface area (Å²) in [6, 6.07) is 16.0. The first-order chi connectivity index (χ1) is 14.8. The number of benzene rings is 2. The second kappa shape index (κ2) is 8.83. The fourth-order valence-electron chi connectivity index (χ4n) is 4.46. The summed E-state index contributed by atoms with van der Waals surface area (Å²) in [4.78, 5) is 27.7. The number of likely N-dealkylation sites (tertiary alicyclic amines) is 1. The molecule has 0 radical (unpaired) electrons. The van der Waals surface area contributed by atoms with Crippen molar-refractivity contribution in [2.75, 3.05) is 18.5 Å². The van der Waals surface area contributed by atoms with Crippen LogP contribution >= 0.6 is 0 Å². The van der Waals surface area contributed by atoms with Crippen LogP contribution in [0.2, 0.25) is 0 Å². The van der Waals surface area contributed by atoms with E-state index in [2.05, 4.69) is 50.4 Å². The summed E-state index contributed by atoms with van der Waals surface area (Å²) >= 11 is 0. The number of nitrogens with zero attached hydrogens (tertiary/aromatic N) is 1. The highest BCUT2D eigenvalue weighted by Gasteiger charge is 2.31. The Morgan fingerprint density at radius 2 is 1.81 bits per heavy atom. The molecule has 2 heterocycles. The molecule has 0 aromatic heterocycles. The zero-order valence-corrected chi connectivity index (χ0v) is 18.7. The lowest BCUT2D eigenvalue weighted by Gasteiger charge is -2.26. The van der Waals surface area contributed by atoms with Gasteiger partial charge in [-0.3, -0.25) is 9.59 Å². The van der Waals surface area contributed by atoms with Gasteiger partial charge >= 0.3 is 0 Å². The Labute approximate surface area is 184 Å². The first-order valence-electron chi connectivity index (χ1n) is 11.3. The fourth-order valence-corrected chi connectivity index (χ4v) is 4.46. The van der Waals surface area contributed by atoms with Crippen LogP contribution in [-0.4, -0.2) is 36.0 Å². The molecule has 2 aromatic rings. The maximum absolute atomic E-state index is 13.3. The number of carbonyl (C=O) groups is 2. The van der Waals surface area contributed by atoms with Gasteiger partial charge in [0.25, 0.3) is 11.8 Å². The van der Waals surface area contributed by atoms with E-state index in [-0.39, 0.29) is 23.3 Å². The zero-order valence-electron chi connectivity index (χ0n) is 18.7. The minimum Gasteiger partial charge on any atom is -0.368 e.